The Kier molecular flexibility index (Phi) is 4.45. The predicted octanol–water partition coefficient (Wildman–Crippen LogP) is 4.17. The van der Waals surface area contributed by atoms with Crippen molar-refractivity contribution >= 4 is 5.65 Å². The summed E-state index contributed by atoms with van der Waals surface area (Å²) in [6, 6.07) is 13.1. The van der Waals surface area contributed by atoms with Crippen molar-refractivity contribution in [2.75, 3.05) is 19.7 Å². The Bertz CT molecular complexity index is 837. The monoisotopic (exact) mass is 335 g/mol. The standard InChI is InChI=1S/C21H25N3O/c1-16-14-18(19-15-24-10-4-3-7-21(24)22-19)8-9-20(16)25-13-12-23-11-5-6-17(23)2/h3-4,7-10,14-15,17H,5-6,11-13H2,1-2H3. The smallest absolute Gasteiger partial charge is 0.137 e. The van der Waals surface area contributed by atoms with Gasteiger partial charge in [0.05, 0.1) is 5.69 Å². The molecule has 1 atom stereocenters. The van der Waals surface area contributed by atoms with Gasteiger partial charge >= 0.3 is 0 Å². The van der Waals surface area contributed by atoms with E-state index in [0.717, 1.165) is 41.4 Å². The molecule has 1 unspecified atom stereocenters. The number of pyridine rings is 1. The molecule has 3 heterocycles. The molecule has 4 nitrogen and oxygen atoms in total. The lowest BCUT2D eigenvalue weighted by Crippen LogP contribution is -2.31. The second-order valence-corrected chi connectivity index (χ2v) is 6.95. The normalized spacial score (nSPS) is 18.1. The summed E-state index contributed by atoms with van der Waals surface area (Å²) >= 11 is 0. The summed E-state index contributed by atoms with van der Waals surface area (Å²) in [5.74, 6) is 0.972. The van der Waals surface area contributed by atoms with Gasteiger partial charge in [0.15, 0.2) is 0 Å². The maximum Gasteiger partial charge on any atom is 0.137 e. The molecule has 1 aliphatic rings. The lowest BCUT2D eigenvalue weighted by Gasteiger charge is -2.21. The summed E-state index contributed by atoms with van der Waals surface area (Å²) in [6.07, 6.45) is 6.72. The van der Waals surface area contributed by atoms with Crippen molar-refractivity contribution in [3.05, 3.63) is 54.4 Å². The molecule has 0 N–H and O–H groups in total. The van der Waals surface area contributed by atoms with Gasteiger partial charge in [-0.15, -0.1) is 0 Å². The Morgan fingerprint density at radius 1 is 1.24 bits per heavy atom. The number of hydrogen-bond donors (Lipinski definition) is 0. The lowest BCUT2D eigenvalue weighted by molar-refractivity contribution is 0.204. The molecule has 0 spiro atoms. The van der Waals surface area contributed by atoms with Crippen LogP contribution in [-0.4, -0.2) is 40.0 Å². The van der Waals surface area contributed by atoms with Gasteiger partial charge in [0.2, 0.25) is 0 Å². The van der Waals surface area contributed by atoms with Crippen molar-refractivity contribution in [3.63, 3.8) is 0 Å². The molecule has 0 radical (unpaired) electrons. The molecule has 4 rings (SSSR count). The number of rotatable bonds is 5. The first kappa shape index (κ1) is 16.2. The minimum Gasteiger partial charge on any atom is -0.492 e. The highest BCUT2D eigenvalue weighted by Crippen LogP contribution is 2.26. The summed E-state index contributed by atoms with van der Waals surface area (Å²) in [7, 11) is 0. The summed E-state index contributed by atoms with van der Waals surface area (Å²) in [5.41, 5.74) is 4.24. The van der Waals surface area contributed by atoms with Gasteiger partial charge in [0.25, 0.3) is 0 Å². The highest BCUT2D eigenvalue weighted by atomic mass is 16.5. The summed E-state index contributed by atoms with van der Waals surface area (Å²) in [4.78, 5) is 7.21. The first-order chi connectivity index (χ1) is 12.2. The van der Waals surface area contributed by atoms with Crippen LogP contribution in [0.25, 0.3) is 16.9 Å². The van der Waals surface area contributed by atoms with Gasteiger partial charge < -0.3 is 9.14 Å². The van der Waals surface area contributed by atoms with Gasteiger partial charge in [0.1, 0.15) is 18.0 Å². The first-order valence-corrected chi connectivity index (χ1v) is 9.12. The maximum absolute atomic E-state index is 6.03. The Balaban J connectivity index is 1.45. The van der Waals surface area contributed by atoms with E-state index in [0.29, 0.717) is 6.04 Å². The van der Waals surface area contributed by atoms with Crippen LogP contribution in [0.5, 0.6) is 5.75 Å². The van der Waals surface area contributed by atoms with Gasteiger partial charge in [-0.2, -0.15) is 0 Å². The predicted molar refractivity (Wildman–Crippen MR) is 101 cm³/mol. The number of nitrogens with zero attached hydrogens (tertiary/aromatic N) is 3. The van der Waals surface area contributed by atoms with E-state index in [2.05, 4.69) is 43.1 Å². The van der Waals surface area contributed by atoms with E-state index in [-0.39, 0.29) is 0 Å². The van der Waals surface area contributed by atoms with Crippen molar-refractivity contribution in [1.82, 2.24) is 14.3 Å². The number of likely N-dealkylation sites (tertiary alicyclic amines) is 1. The second kappa shape index (κ2) is 6.89. The first-order valence-electron chi connectivity index (χ1n) is 9.12. The number of benzene rings is 1. The molecule has 0 bridgehead atoms. The van der Waals surface area contributed by atoms with Crippen molar-refractivity contribution in [2.45, 2.75) is 32.7 Å². The highest BCUT2D eigenvalue weighted by molar-refractivity contribution is 5.64. The molecule has 25 heavy (non-hydrogen) atoms. The Morgan fingerprint density at radius 2 is 2.16 bits per heavy atom. The molecular weight excluding hydrogens is 310 g/mol. The number of fused-ring (bicyclic) bond motifs is 1. The molecule has 2 aromatic heterocycles. The van der Waals surface area contributed by atoms with E-state index < -0.39 is 0 Å². The third kappa shape index (κ3) is 3.40. The largest absolute Gasteiger partial charge is 0.492 e. The van der Waals surface area contributed by atoms with E-state index in [9.17, 15) is 0 Å². The fourth-order valence-corrected chi connectivity index (χ4v) is 3.64. The van der Waals surface area contributed by atoms with Crippen molar-refractivity contribution in [3.8, 4) is 17.0 Å². The lowest BCUT2D eigenvalue weighted by atomic mass is 10.1. The fourth-order valence-electron chi connectivity index (χ4n) is 3.64. The number of imidazole rings is 1. The number of hydrogen-bond acceptors (Lipinski definition) is 3. The van der Waals surface area contributed by atoms with E-state index in [1.165, 1.54) is 19.4 Å². The van der Waals surface area contributed by atoms with Crippen molar-refractivity contribution in [2.24, 2.45) is 0 Å². The minimum absolute atomic E-state index is 0.696. The van der Waals surface area contributed by atoms with Crippen LogP contribution in [0.3, 0.4) is 0 Å². The van der Waals surface area contributed by atoms with E-state index in [4.69, 9.17) is 9.72 Å². The van der Waals surface area contributed by atoms with Crippen LogP contribution in [0.15, 0.2) is 48.8 Å². The summed E-state index contributed by atoms with van der Waals surface area (Å²) in [5, 5.41) is 0. The van der Waals surface area contributed by atoms with Crippen LogP contribution in [0, 0.1) is 6.92 Å². The minimum atomic E-state index is 0.696. The van der Waals surface area contributed by atoms with Gasteiger partial charge in [0, 0.05) is 30.5 Å². The Labute approximate surface area is 149 Å². The summed E-state index contributed by atoms with van der Waals surface area (Å²) < 4.78 is 8.08. The third-order valence-electron chi connectivity index (χ3n) is 5.16. The summed E-state index contributed by atoms with van der Waals surface area (Å²) in [6.45, 7) is 7.37. The topological polar surface area (TPSA) is 29.8 Å². The van der Waals surface area contributed by atoms with Crippen molar-refractivity contribution in [1.29, 1.82) is 0 Å². The molecule has 1 fully saturated rings. The SMILES string of the molecule is Cc1cc(-c2cn3ccccc3n2)ccc1OCCN1CCCC1C. The molecule has 1 aliphatic heterocycles. The van der Waals surface area contributed by atoms with Crippen LogP contribution in [0.4, 0.5) is 0 Å². The number of aromatic nitrogens is 2. The second-order valence-electron chi connectivity index (χ2n) is 6.95. The molecule has 0 aliphatic carbocycles. The third-order valence-corrected chi connectivity index (χ3v) is 5.16. The van der Waals surface area contributed by atoms with Gasteiger partial charge in [-0.25, -0.2) is 4.98 Å². The average molecular weight is 335 g/mol. The van der Waals surface area contributed by atoms with Crippen LogP contribution < -0.4 is 4.74 Å². The zero-order valence-electron chi connectivity index (χ0n) is 15.0. The molecule has 4 heteroatoms. The molecule has 1 aromatic carbocycles. The zero-order valence-corrected chi connectivity index (χ0v) is 15.0. The molecule has 0 saturated carbocycles. The van der Waals surface area contributed by atoms with E-state index in [1.807, 2.05) is 28.8 Å². The molecule has 0 amide bonds. The molecular formula is C21H25N3O. The van der Waals surface area contributed by atoms with Crippen LogP contribution >= 0.6 is 0 Å². The fraction of sp³-hybridized carbons (Fsp3) is 0.381. The van der Waals surface area contributed by atoms with Crippen LogP contribution in [0.2, 0.25) is 0 Å². The van der Waals surface area contributed by atoms with E-state index in [1.54, 1.807) is 0 Å². The maximum atomic E-state index is 6.03. The van der Waals surface area contributed by atoms with Crippen LogP contribution in [-0.2, 0) is 0 Å². The Morgan fingerprint density at radius 3 is 2.92 bits per heavy atom. The number of aryl methyl sites for hydroxylation is 1. The van der Waals surface area contributed by atoms with Gasteiger partial charge in [-0.3, -0.25) is 4.90 Å². The number of ether oxygens (including phenoxy) is 1. The quantitative estimate of drug-likeness (QED) is 0.701. The molecule has 3 aromatic rings. The molecule has 130 valence electrons. The highest BCUT2D eigenvalue weighted by Gasteiger charge is 2.19. The van der Waals surface area contributed by atoms with E-state index >= 15 is 0 Å². The van der Waals surface area contributed by atoms with Crippen LogP contribution in [0.1, 0.15) is 25.3 Å². The Hall–Kier alpha value is -2.33. The average Bonchev–Trinajstić information content (AvgIpc) is 3.22. The van der Waals surface area contributed by atoms with Crippen molar-refractivity contribution < 1.29 is 4.74 Å². The zero-order chi connectivity index (χ0) is 17.2. The van der Waals surface area contributed by atoms with Gasteiger partial charge in [-0.05, 0) is 69.1 Å². The van der Waals surface area contributed by atoms with Gasteiger partial charge in [-0.1, -0.05) is 6.07 Å². The molecule has 1 saturated heterocycles.